The van der Waals surface area contributed by atoms with Gasteiger partial charge in [-0.05, 0) is 37.6 Å². The van der Waals surface area contributed by atoms with Gasteiger partial charge in [0.25, 0.3) is 0 Å². The number of halogens is 3. The van der Waals surface area contributed by atoms with Crippen molar-refractivity contribution in [2.24, 2.45) is 0 Å². The first-order valence-corrected chi connectivity index (χ1v) is 7.65. The van der Waals surface area contributed by atoms with Gasteiger partial charge in [-0.25, -0.2) is 8.42 Å². The number of rotatable bonds is 3. The molecule has 0 spiro atoms. The molecule has 0 aliphatic carbocycles. The minimum absolute atomic E-state index is 0.0216. The Bertz CT molecular complexity index is 593. The molecule has 0 bridgehead atoms. The highest BCUT2D eigenvalue weighted by Gasteiger charge is 2.32. The molecule has 8 heteroatoms. The first-order chi connectivity index (χ1) is 9.20. The Morgan fingerprint density at radius 2 is 2.05 bits per heavy atom. The maximum absolute atomic E-state index is 12.6. The molecule has 0 amide bonds. The van der Waals surface area contributed by atoms with Crippen LogP contribution in [0.4, 0.5) is 18.9 Å². The Balaban J connectivity index is 2.29. The van der Waals surface area contributed by atoms with Crippen LogP contribution in [0, 0.1) is 6.92 Å². The molecule has 1 aliphatic heterocycles. The van der Waals surface area contributed by atoms with Gasteiger partial charge in [0.15, 0.2) is 0 Å². The van der Waals surface area contributed by atoms with Crippen LogP contribution in [0.2, 0.25) is 0 Å². The minimum atomic E-state index is -4.50. The molecule has 1 unspecified atom stereocenters. The number of hydrogen-bond donors (Lipinski definition) is 2. The van der Waals surface area contributed by atoms with E-state index in [9.17, 15) is 21.6 Å². The fourth-order valence-electron chi connectivity index (χ4n) is 2.04. The fourth-order valence-corrected chi connectivity index (χ4v) is 3.50. The first-order valence-electron chi connectivity index (χ1n) is 6.10. The second-order valence-corrected chi connectivity index (χ2v) is 6.75. The number of anilines is 1. The van der Waals surface area contributed by atoms with E-state index >= 15 is 0 Å². The number of alkyl halides is 3. The van der Waals surface area contributed by atoms with Crippen molar-refractivity contribution >= 4 is 15.7 Å². The van der Waals surface area contributed by atoms with E-state index in [0.717, 1.165) is 12.1 Å². The summed E-state index contributed by atoms with van der Waals surface area (Å²) in [4.78, 5) is 0. The normalized spacial score (nSPS) is 20.1. The average molecular weight is 308 g/mol. The Morgan fingerprint density at radius 1 is 1.35 bits per heavy atom. The molecule has 1 aromatic carbocycles. The van der Waals surface area contributed by atoms with Gasteiger partial charge in [-0.15, -0.1) is 0 Å². The van der Waals surface area contributed by atoms with Crippen LogP contribution < -0.4 is 10.0 Å². The van der Waals surface area contributed by atoms with E-state index in [1.165, 1.54) is 6.07 Å². The highest BCUT2D eigenvalue weighted by molar-refractivity contribution is 7.93. The van der Waals surface area contributed by atoms with Crippen LogP contribution in [-0.4, -0.2) is 26.8 Å². The van der Waals surface area contributed by atoms with E-state index in [1.807, 2.05) is 0 Å². The highest BCUT2D eigenvalue weighted by atomic mass is 32.2. The monoisotopic (exact) mass is 308 g/mol. The zero-order valence-corrected chi connectivity index (χ0v) is 11.6. The number of hydrogen-bond acceptors (Lipinski definition) is 3. The molecule has 1 aromatic rings. The standard InChI is InChI=1S/C12H15F3N2O2S/c1-8-2-3-9(12(13,14)15)6-11(8)17-20(18,19)10-4-5-16-7-10/h2-3,6,10,16-17H,4-5,7H2,1H3. The summed E-state index contributed by atoms with van der Waals surface area (Å²) in [7, 11) is -3.68. The lowest BCUT2D eigenvalue weighted by molar-refractivity contribution is -0.137. The Morgan fingerprint density at radius 3 is 2.60 bits per heavy atom. The van der Waals surface area contributed by atoms with Gasteiger partial charge in [0.2, 0.25) is 10.0 Å². The number of sulfonamides is 1. The molecule has 2 rings (SSSR count). The predicted molar refractivity (Wildman–Crippen MR) is 70.0 cm³/mol. The zero-order chi connectivity index (χ0) is 15.0. The van der Waals surface area contributed by atoms with Gasteiger partial charge in [-0.3, -0.25) is 4.72 Å². The van der Waals surface area contributed by atoms with E-state index in [2.05, 4.69) is 10.0 Å². The van der Waals surface area contributed by atoms with Gasteiger partial charge < -0.3 is 5.32 Å². The molecule has 1 atom stereocenters. The molecule has 1 fully saturated rings. The van der Waals surface area contributed by atoms with Crippen molar-refractivity contribution < 1.29 is 21.6 Å². The van der Waals surface area contributed by atoms with Gasteiger partial charge >= 0.3 is 6.18 Å². The quantitative estimate of drug-likeness (QED) is 0.899. The van der Waals surface area contributed by atoms with E-state index in [4.69, 9.17) is 0 Å². The molecule has 1 aliphatic rings. The third-order valence-corrected chi connectivity index (χ3v) is 5.06. The topological polar surface area (TPSA) is 58.2 Å². The van der Waals surface area contributed by atoms with E-state index in [1.54, 1.807) is 6.92 Å². The molecular formula is C12H15F3N2O2S. The fraction of sp³-hybridized carbons (Fsp3) is 0.500. The first kappa shape index (κ1) is 15.1. The minimum Gasteiger partial charge on any atom is -0.315 e. The Labute approximate surface area is 115 Å². The van der Waals surface area contributed by atoms with Crippen LogP contribution in [0.1, 0.15) is 17.5 Å². The lowest BCUT2D eigenvalue weighted by Crippen LogP contribution is -2.30. The molecule has 4 nitrogen and oxygen atoms in total. The SMILES string of the molecule is Cc1ccc(C(F)(F)F)cc1NS(=O)(=O)C1CCNC1. The van der Waals surface area contributed by atoms with Gasteiger partial charge in [0.1, 0.15) is 0 Å². The molecule has 112 valence electrons. The summed E-state index contributed by atoms with van der Waals surface area (Å²) in [5.74, 6) is 0. The van der Waals surface area contributed by atoms with Crippen LogP contribution in [0.25, 0.3) is 0 Å². The Hall–Kier alpha value is -1.28. The highest BCUT2D eigenvalue weighted by Crippen LogP contribution is 2.32. The third kappa shape index (κ3) is 3.24. The summed E-state index contributed by atoms with van der Waals surface area (Å²) in [6.45, 7) is 2.46. The zero-order valence-electron chi connectivity index (χ0n) is 10.8. The summed E-state index contributed by atoms with van der Waals surface area (Å²) in [6.07, 6.45) is -4.05. The summed E-state index contributed by atoms with van der Waals surface area (Å²) in [5, 5.41) is 2.30. The van der Waals surface area contributed by atoms with Crippen LogP contribution >= 0.6 is 0 Å². The van der Waals surface area contributed by atoms with Gasteiger partial charge in [-0.1, -0.05) is 6.07 Å². The molecule has 1 heterocycles. The molecule has 2 N–H and O–H groups in total. The lowest BCUT2D eigenvalue weighted by Gasteiger charge is -2.16. The number of aryl methyl sites for hydroxylation is 1. The Kier molecular flexibility index (Phi) is 3.97. The third-order valence-electron chi connectivity index (χ3n) is 3.27. The smallest absolute Gasteiger partial charge is 0.315 e. The molecular weight excluding hydrogens is 293 g/mol. The van der Waals surface area contributed by atoms with Gasteiger partial charge in [-0.2, -0.15) is 13.2 Å². The van der Waals surface area contributed by atoms with Crippen molar-refractivity contribution in [3.8, 4) is 0 Å². The maximum Gasteiger partial charge on any atom is 0.416 e. The maximum atomic E-state index is 12.6. The average Bonchev–Trinajstić information content (AvgIpc) is 2.84. The van der Waals surface area contributed by atoms with Crippen molar-refractivity contribution in [3.63, 3.8) is 0 Å². The van der Waals surface area contributed by atoms with Crippen LogP contribution in [0.15, 0.2) is 18.2 Å². The van der Waals surface area contributed by atoms with Crippen molar-refractivity contribution in [2.75, 3.05) is 17.8 Å². The van der Waals surface area contributed by atoms with Crippen LogP contribution in [0.5, 0.6) is 0 Å². The number of benzene rings is 1. The van der Waals surface area contributed by atoms with Crippen molar-refractivity contribution in [1.82, 2.24) is 5.32 Å². The molecule has 0 saturated carbocycles. The molecule has 0 aromatic heterocycles. The number of nitrogens with one attached hydrogen (secondary N) is 2. The van der Waals surface area contributed by atoms with Crippen molar-refractivity contribution in [3.05, 3.63) is 29.3 Å². The summed E-state index contributed by atoms with van der Waals surface area (Å²) in [6, 6.07) is 3.02. The lowest BCUT2D eigenvalue weighted by atomic mass is 10.1. The second kappa shape index (κ2) is 5.25. The van der Waals surface area contributed by atoms with Crippen molar-refractivity contribution in [2.45, 2.75) is 24.8 Å². The van der Waals surface area contributed by atoms with Gasteiger partial charge in [0.05, 0.1) is 16.5 Å². The molecule has 20 heavy (non-hydrogen) atoms. The largest absolute Gasteiger partial charge is 0.416 e. The summed E-state index contributed by atoms with van der Waals surface area (Å²) in [5.41, 5.74) is -0.440. The van der Waals surface area contributed by atoms with Gasteiger partial charge in [0, 0.05) is 6.54 Å². The summed E-state index contributed by atoms with van der Waals surface area (Å²) < 4.78 is 64.4. The van der Waals surface area contributed by atoms with Crippen molar-refractivity contribution in [1.29, 1.82) is 0 Å². The molecule has 1 saturated heterocycles. The second-order valence-electron chi connectivity index (χ2n) is 4.79. The predicted octanol–water partition coefficient (Wildman–Crippen LogP) is 2.12. The van der Waals surface area contributed by atoms with E-state index in [-0.39, 0.29) is 5.69 Å². The van der Waals surface area contributed by atoms with E-state index < -0.39 is 27.0 Å². The van der Waals surface area contributed by atoms with Crippen LogP contribution in [-0.2, 0) is 16.2 Å². The molecule has 0 radical (unpaired) electrons. The van der Waals surface area contributed by atoms with E-state index in [0.29, 0.717) is 25.1 Å². The van der Waals surface area contributed by atoms with Crippen LogP contribution in [0.3, 0.4) is 0 Å². The summed E-state index contributed by atoms with van der Waals surface area (Å²) >= 11 is 0.